The fourth-order valence-electron chi connectivity index (χ4n) is 4.20. The van der Waals surface area contributed by atoms with Crippen LogP contribution in [0.4, 0.5) is 0 Å². The molecule has 0 unspecified atom stereocenters. The van der Waals surface area contributed by atoms with Gasteiger partial charge in [-0.3, -0.25) is 4.79 Å². The van der Waals surface area contributed by atoms with Gasteiger partial charge in [-0.05, 0) is 51.7 Å². The molecule has 1 aliphatic heterocycles. The molecule has 5 heteroatoms. The molecule has 5 nitrogen and oxygen atoms in total. The highest BCUT2D eigenvalue weighted by molar-refractivity contribution is 6.13. The van der Waals surface area contributed by atoms with Crippen LogP contribution in [-0.2, 0) is 4.74 Å². The van der Waals surface area contributed by atoms with Gasteiger partial charge in [-0.15, -0.1) is 0 Å². The zero-order chi connectivity index (χ0) is 17.6. The van der Waals surface area contributed by atoms with Crippen molar-refractivity contribution in [1.29, 1.82) is 0 Å². The van der Waals surface area contributed by atoms with Crippen molar-refractivity contribution in [3.05, 3.63) is 29.0 Å². The molecule has 1 aromatic carbocycles. The molecule has 132 valence electrons. The van der Waals surface area contributed by atoms with Gasteiger partial charge in [-0.1, -0.05) is 6.42 Å². The van der Waals surface area contributed by atoms with Gasteiger partial charge in [0, 0.05) is 10.9 Å². The second kappa shape index (κ2) is 5.90. The molecule has 2 aromatic rings. The van der Waals surface area contributed by atoms with E-state index in [1.807, 2.05) is 0 Å². The summed E-state index contributed by atoms with van der Waals surface area (Å²) in [4.78, 5) is 25.1. The van der Waals surface area contributed by atoms with E-state index in [-0.39, 0.29) is 23.8 Å². The zero-order valence-electron chi connectivity index (χ0n) is 14.6. The van der Waals surface area contributed by atoms with Crippen LogP contribution in [0.2, 0.25) is 0 Å². The van der Waals surface area contributed by atoms with Gasteiger partial charge in [0.2, 0.25) is 5.76 Å². The van der Waals surface area contributed by atoms with Crippen LogP contribution >= 0.6 is 0 Å². The van der Waals surface area contributed by atoms with Gasteiger partial charge in [0.05, 0.1) is 18.6 Å². The third kappa shape index (κ3) is 2.53. The van der Waals surface area contributed by atoms with E-state index in [9.17, 15) is 9.59 Å². The molecule has 0 radical (unpaired) electrons. The van der Waals surface area contributed by atoms with Gasteiger partial charge in [0.1, 0.15) is 16.9 Å². The Morgan fingerprint density at radius 3 is 2.72 bits per heavy atom. The normalized spacial score (nSPS) is 18.9. The molecule has 1 aromatic heterocycles. The molecule has 2 heterocycles. The number of esters is 1. The van der Waals surface area contributed by atoms with Gasteiger partial charge in [0.25, 0.3) is 0 Å². The number of ketones is 1. The number of fused-ring (bicyclic) bond motifs is 3. The summed E-state index contributed by atoms with van der Waals surface area (Å²) in [6.07, 6.45) is 5.65. The molecule has 1 aliphatic carbocycles. The van der Waals surface area contributed by atoms with E-state index in [2.05, 4.69) is 0 Å². The first-order valence-electron chi connectivity index (χ1n) is 9.00. The number of benzene rings is 1. The van der Waals surface area contributed by atoms with Crippen molar-refractivity contribution < 1.29 is 23.5 Å². The predicted octanol–water partition coefficient (Wildman–Crippen LogP) is 4.59. The molecule has 0 bridgehead atoms. The Bertz CT molecular complexity index is 855. The Morgan fingerprint density at radius 2 is 2.00 bits per heavy atom. The Morgan fingerprint density at radius 1 is 1.24 bits per heavy atom. The average molecular weight is 342 g/mol. The predicted molar refractivity (Wildman–Crippen MR) is 92.3 cm³/mol. The molecule has 0 atom stereocenters. The minimum atomic E-state index is -0.502. The van der Waals surface area contributed by atoms with Gasteiger partial charge in [-0.2, -0.15) is 0 Å². The molecular weight excluding hydrogens is 320 g/mol. The molecule has 1 spiro atoms. The maximum absolute atomic E-state index is 13.0. The van der Waals surface area contributed by atoms with E-state index in [1.54, 1.807) is 26.0 Å². The quantitative estimate of drug-likeness (QED) is 0.747. The van der Waals surface area contributed by atoms with Crippen LogP contribution in [0.3, 0.4) is 0 Å². The molecular formula is C20H22O5. The largest absolute Gasteiger partial charge is 0.486 e. The topological polar surface area (TPSA) is 65.7 Å². The summed E-state index contributed by atoms with van der Waals surface area (Å²) < 4.78 is 17.1. The molecule has 0 amide bonds. The monoisotopic (exact) mass is 342 g/mol. The van der Waals surface area contributed by atoms with E-state index in [4.69, 9.17) is 13.9 Å². The van der Waals surface area contributed by atoms with E-state index >= 15 is 0 Å². The number of hydrogen-bond acceptors (Lipinski definition) is 5. The van der Waals surface area contributed by atoms with Gasteiger partial charge >= 0.3 is 5.97 Å². The fourth-order valence-corrected chi connectivity index (χ4v) is 4.20. The lowest BCUT2D eigenvalue weighted by atomic mass is 9.78. The van der Waals surface area contributed by atoms with Crippen LogP contribution in [0.25, 0.3) is 11.0 Å². The van der Waals surface area contributed by atoms with E-state index in [0.29, 0.717) is 34.3 Å². The lowest BCUT2D eigenvalue weighted by molar-refractivity contribution is 0.0139. The van der Waals surface area contributed by atoms with Crippen molar-refractivity contribution in [3.8, 4) is 5.75 Å². The maximum Gasteiger partial charge on any atom is 0.374 e. The summed E-state index contributed by atoms with van der Waals surface area (Å²) >= 11 is 0. The summed E-state index contributed by atoms with van der Waals surface area (Å²) in [5.41, 5.74) is 1.36. The van der Waals surface area contributed by atoms with Crippen molar-refractivity contribution >= 4 is 22.7 Å². The first kappa shape index (κ1) is 16.2. The molecule has 2 aliphatic rings. The Balaban J connectivity index is 1.82. The summed E-state index contributed by atoms with van der Waals surface area (Å²) in [6, 6.07) is 3.57. The average Bonchev–Trinajstić information content (AvgIpc) is 2.92. The lowest BCUT2D eigenvalue weighted by Crippen LogP contribution is -2.43. The van der Waals surface area contributed by atoms with Crippen LogP contribution in [-0.4, -0.2) is 24.0 Å². The number of carbonyl (C=O) groups excluding carboxylic acids is 2. The first-order chi connectivity index (χ1) is 12.0. The highest BCUT2D eigenvalue weighted by Gasteiger charge is 2.42. The van der Waals surface area contributed by atoms with Crippen LogP contribution in [0.15, 0.2) is 16.5 Å². The van der Waals surface area contributed by atoms with E-state index in [0.717, 1.165) is 25.7 Å². The van der Waals surface area contributed by atoms with Crippen LogP contribution in [0.5, 0.6) is 5.75 Å². The van der Waals surface area contributed by atoms with Gasteiger partial charge in [0.15, 0.2) is 5.78 Å². The summed E-state index contributed by atoms with van der Waals surface area (Å²) in [6.45, 7) is 3.81. The number of hydrogen-bond donors (Lipinski definition) is 0. The Kier molecular flexibility index (Phi) is 3.82. The molecule has 1 saturated carbocycles. The highest BCUT2D eigenvalue weighted by Crippen LogP contribution is 2.45. The van der Waals surface area contributed by atoms with Crippen LogP contribution in [0, 0.1) is 6.92 Å². The minimum Gasteiger partial charge on any atom is -0.486 e. The maximum atomic E-state index is 13.0. The van der Waals surface area contributed by atoms with Crippen molar-refractivity contribution in [2.45, 2.75) is 58.0 Å². The van der Waals surface area contributed by atoms with Crippen LogP contribution < -0.4 is 4.74 Å². The van der Waals surface area contributed by atoms with E-state index in [1.165, 1.54) is 6.42 Å². The summed E-state index contributed by atoms with van der Waals surface area (Å²) in [5, 5.41) is 0.677. The number of Topliss-reactive ketones (excluding diaryl/α,β-unsaturated/α-hetero) is 1. The third-order valence-corrected chi connectivity index (χ3v) is 5.37. The van der Waals surface area contributed by atoms with Crippen molar-refractivity contribution in [2.75, 3.05) is 6.61 Å². The van der Waals surface area contributed by atoms with Gasteiger partial charge < -0.3 is 13.9 Å². The molecule has 4 rings (SSSR count). The molecule has 0 saturated heterocycles. The minimum absolute atomic E-state index is 0.0769. The fraction of sp³-hybridized carbons (Fsp3) is 0.500. The second-order valence-corrected chi connectivity index (χ2v) is 7.03. The number of ether oxygens (including phenoxy) is 2. The third-order valence-electron chi connectivity index (χ3n) is 5.37. The standard InChI is InChI=1S/C20H22O5/c1-3-23-19(22)18-12(2)16-14(24-18)7-8-15-17(16)13(21)11-20(25-15)9-5-4-6-10-20/h7-8H,3-6,9-11H2,1-2H3. The van der Waals surface area contributed by atoms with Crippen molar-refractivity contribution in [3.63, 3.8) is 0 Å². The molecule has 1 fully saturated rings. The number of aryl methyl sites for hydroxylation is 1. The molecule has 25 heavy (non-hydrogen) atoms. The lowest BCUT2D eigenvalue weighted by Gasteiger charge is -2.40. The van der Waals surface area contributed by atoms with Crippen molar-refractivity contribution in [1.82, 2.24) is 0 Å². The highest BCUT2D eigenvalue weighted by atomic mass is 16.5. The smallest absolute Gasteiger partial charge is 0.374 e. The summed E-state index contributed by atoms with van der Waals surface area (Å²) in [5.74, 6) is 0.354. The van der Waals surface area contributed by atoms with Crippen LogP contribution in [0.1, 0.15) is 71.9 Å². The SMILES string of the molecule is CCOC(=O)c1oc2ccc3c(c2c1C)C(=O)CC1(CCCCC1)O3. The van der Waals surface area contributed by atoms with E-state index < -0.39 is 5.97 Å². The van der Waals surface area contributed by atoms with Crippen molar-refractivity contribution in [2.24, 2.45) is 0 Å². The number of rotatable bonds is 2. The molecule has 0 N–H and O–H groups in total. The zero-order valence-corrected chi connectivity index (χ0v) is 14.6. The van der Waals surface area contributed by atoms with Gasteiger partial charge in [-0.25, -0.2) is 4.79 Å². The Labute approximate surface area is 146 Å². The Hall–Kier alpha value is -2.30. The summed E-state index contributed by atoms with van der Waals surface area (Å²) in [7, 11) is 0. The number of carbonyl (C=O) groups is 2. The second-order valence-electron chi connectivity index (χ2n) is 7.03. The first-order valence-corrected chi connectivity index (χ1v) is 9.00. The number of furan rings is 1.